The molecule has 156 valence electrons. The standard InChI is InChI=1S/C22H21BrN2O5/c23-18-9-4-5-10-19(18)28-14-6-11-21(26)24-25-22(27)20-13-12-17(30-20)15-29-16-7-2-1-3-8-16/h1-5,7-10,12-13H,6,11,14-15H2,(H,24,26)(H,25,27). The van der Waals surface area contributed by atoms with Crippen molar-refractivity contribution in [1.29, 1.82) is 0 Å². The number of rotatable bonds is 9. The van der Waals surface area contributed by atoms with Crippen LogP contribution in [-0.2, 0) is 11.4 Å². The van der Waals surface area contributed by atoms with Gasteiger partial charge in [-0.1, -0.05) is 30.3 Å². The monoisotopic (exact) mass is 472 g/mol. The number of hydrazine groups is 1. The number of ether oxygens (including phenoxy) is 2. The first-order chi connectivity index (χ1) is 14.6. The maximum atomic E-state index is 12.1. The molecule has 0 bridgehead atoms. The predicted octanol–water partition coefficient (Wildman–Crippen LogP) is 4.24. The number of furan rings is 1. The molecule has 3 rings (SSSR count). The van der Waals surface area contributed by atoms with E-state index in [-0.39, 0.29) is 24.7 Å². The molecule has 0 aliphatic carbocycles. The Hall–Kier alpha value is -3.26. The fourth-order valence-electron chi connectivity index (χ4n) is 2.48. The number of carbonyl (C=O) groups excluding carboxylic acids is 2. The van der Waals surface area contributed by atoms with Crippen LogP contribution in [0.3, 0.4) is 0 Å². The van der Waals surface area contributed by atoms with E-state index in [1.54, 1.807) is 6.07 Å². The normalized spacial score (nSPS) is 10.3. The molecule has 0 radical (unpaired) electrons. The highest BCUT2D eigenvalue weighted by Crippen LogP contribution is 2.23. The van der Waals surface area contributed by atoms with Gasteiger partial charge in [0.15, 0.2) is 5.76 Å². The van der Waals surface area contributed by atoms with Crippen LogP contribution in [-0.4, -0.2) is 18.4 Å². The summed E-state index contributed by atoms with van der Waals surface area (Å²) in [6.07, 6.45) is 0.712. The number of benzene rings is 2. The molecule has 2 N–H and O–H groups in total. The number of hydrogen-bond acceptors (Lipinski definition) is 5. The Balaban J connectivity index is 1.34. The summed E-state index contributed by atoms with van der Waals surface area (Å²) in [7, 11) is 0. The molecular weight excluding hydrogens is 452 g/mol. The first kappa shape index (κ1) is 21.4. The van der Waals surface area contributed by atoms with Gasteiger partial charge >= 0.3 is 5.91 Å². The van der Waals surface area contributed by atoms with Crippen molar-refractivity contribution in [2.24, 2.45) is 0 Å². The van der Waals surface area contributed by atoms with Gasteiger partial charge in [0.05, 0.1) is 11.1 Å². The number of amides is 2. The van der Waals surface area contributed by atoms with Gasteiger partial charge in [-0.15, -0.1) is 0 Å². The number of halogens is 1. The van der Waals surface area contributed by atoms with Crippen LogP contribution in [0.1, 0.15) is 29.2 Å². The summed E-state index contributed by atoms with van der Waals surface area (Å²) in [5.41, 5.74) is 4.70. The minimum absolute atomic E-state index is 0.0826. The zero-order valence-electron chi connectivity index (χ0n) is 16.1. The summed E-state index contributed by atoms with van der Waals surface area (Å²) < 4.78 is 17.5. The Morgan fingerprint density at radius 2 is 1.67 bits per heavy atom. The summed E-state index contributed by atoms with van der Waals surface area (Å²) in [6.45, 7) is 0.577. The third-order valence-electron chi connectivity index (χ3n) is 3.97. The maximum absolute atomic E-state index is 12.1. The quantitative estimate of drug-likeness (QED) is 0.359. The molecule has 3 aromatic rings. The topological polar surface area (TPSA) is 89.8 Å². The molecular formula is C22H21BrN2O5. The largest absolute Gasteiger partial charge is 0.492 e. The Kier molecular flexibility index (Phi) is 7.91. The smallest absolute Gasteiger partial charge is 0.305 e. The minimum atomic E-state index is -0.543. The van der Waals surface area contributed by atoms with Gasteiger partial charge in [0.1, 0.15) is 23.9 Å². The molecule has 2 aromatic carbocycles. The second-order valence-electron chi connectivity index (χ2n) is 6.25. The van der Waals surface area contributed by atoms with E-state index in [2.05, 4.69) is 26.8 Å². The van der Waals surface area contributed by atoms with Crippen LogP contribution in [0.5, 0.6) is 11.5 Å². The van der Waals surface area contributed by atoms with E-state index < -0.39 is 5.91 Å². The molecule has 0 fully saturated rings. The molecule has 0 spiro atoms. The van der Waals surface area contributed by atoms with Crippen molar-refractivity contribution in [2.75, 3.05) is 6.61 Å². The molecule has 30 heavy (non-hydrogen) atoms. The van der Waals surface area contributed by atoms with Crippen LogP contribution in [0.25, 0.3) is 0 Å². The highest BCUT2D eigenvalue weighted by molar-refractivity contribution is 9.10. The molecule has 1 heterocycles. The average Bonchev–Trinajstić information content (AvgIpc) is 3.25. The second kappa shape index (κ2) is 11.1. The van der Waals surface area contributed by atoms with Gasteiger partial charge in [-0.2, -0.15) is 0 Å². The van der Waals surface area contributed by atoms with E-state index >= 15 is 0 Å². The van der Waals surface area contributed by atoms with Crippen molar-refractivity contribution in [2.45, 2.75) is 19.4 Å². The number of para-hydroxylation sites is 2. The van der Waals surface area contributed by atoms with Crippen LogP contribution in [0.4, 0.5) is 0 Å². The predicted molar refractivity (Wildman–Crippen MR) is 114 cm³/mol. The molecule has 0 aliphatic heterocycles. The minimum Gasteiger partial charge on any atom is -0.492 e. The molecule has 0 atom stereocenters. The van der Waals surface area contributed by atoms with Gasteiger partial charge in [0.25, 0.3) is 0 Å². The van der Waals surface area contributed by atoms with Crippen molar-refractivity contribution in [3.63, 3.8) is 0 Å². The highest BCUT2D eigenvalue weighted by Gasteiger charge is 2.12. The lowest BCUT2D eigenvalue weighted by Crippen LogP contribution is -2.41. The Morgan fingerprint density at radius 3 is 2.47 bits per heavy atom. The van der Waals surface area contributed by atoms with E-state index in [9.17, 15) is 9.59 Å². The Morgan fingerprint density at radius 1 is 0.900 bits per heavy atom. The summed E-state index contributed by atoms with van der Waals surface area (Å²) in [5, 5.41) is 0. The molecule has 7 nitrogen and oxygen atoms in total. The summed E-state index contributed by atoms with van der Waals surface area (Å²) in [6, 6.07) is 19.9. The molecule has 0 unspecified atom stereocenters. The number of carbonyl (C=O) groups is 2. The highest BCUT2D eigenvalue weighted by atomic mass is 79.9. The maximum Gasteiger partial charge on any atom is 0.305 e. The SMILES string of the molecule is O=C(CCCOc1ccccc1Br)NNC(=O)c1ccc(COc2ccccc2)o1. The average molecular weight is 473 g/mol. The van der Waals surface area contributed by atoms with Crippen LogP contribution < -0.4 is 20.3 Å². The lowest BCUT2D eigenvalue weighted by atomic mass is 10.3. The van der Waals surface area contributed by atoms with Crippen molar-refractivity contribution in [3.05, 3.63) is 82.7 Å². The Bertz CT molecular complexity index is 974. The zero-order chi connectivity index (χ0) is 21.2. The van der Waals surface area contributed by atoms with Gasteiger partial charge in [-0.05, 0) is 58.7 Å². The van der Waals surface area contributed by atoms with Gasteiger partial charge in [0.2, 0.25) is 5.91 Å². The summed E-state index contributed by atoms with van der Waals surface area (Å²) in [5.74, 6) is 1.14. The van der Waals surface area contributed by atoms with E-state index in [0.29, 0.717) is 24.5 Å². The molecule has 0 saturated heterocycles. The van der Waals surface area contributed by atoms with Gasteiger partial charge in [0, 0.05) is 6.42 Å². The molecule has 2 amide bonds. The van der Waals surface area contributed by atoms with Crippen molar-refractivity contribution < 1.29 is 23.5 Å². The lowest BCUT2D eigenvalue weighted by molar-refractivity contribution is -0.122. The number of hydrogen-bond donors (Lipinski definition) is 2. The fourth-order valence-corrected chi connectivity index (χ4v) is 2.88. The van der Waals surface area contributed by atoms with Gasteiger partial charge in [-0.3, -0.25) is 20.4 Å². The third-order valence-corrected chi connectivity index (χ3v) is 4.62. The van der Waals surface area contributed by atoms with Crippen molar-refractivity contribution in [1.82, 2.24) is 10.9 Å². The van der Waals surface area contributed by atoms with Crippen LogP contribution >= 0.6 is 15.9 Å². The van der Waals surface area contributed by atoms with Crippen molar-refractivity contribution >= 4 is 27.7 Å². The lowest BCUT2D eigenvalue weighted by Gasteiger charge is -2.08. The summed E-state index contributed by atoms with van der Waals surface area (Å²) in [4.78, 5) is 24.0. The summed E-state index contributed by atoms with van der Waals surface area (Å²) >= 11 is 3.40. The molecule has 0 aliphatic rings. The van der Waals surface area contributed by atoms with E-state index in [1.165, 1.54) is 6.07 Å². The van der Waals surface area contributed by atoms with Crippen LogP contribution in [0, 0.1) is 0 Å². The number of nitrogens with one attached hydrogen (secondary N) is 2. The van der Waals surface area contributed by atoms with E-state index in [0.717, 1.165) is 10.2 Å². The third kappa shape index (κ3) is 6.66. The zero-order valence-corrected chi connectivity index (χ0v) is 17.7. The van der Waals surface area contributed by atoms with Gasteiger partial charge < -0.3 is 13.9 Å². The molecule has 1 aromatic heterocycles. The van der Waals surface area contributed by atoms with Crippen LogP contribution in [0.15, 0.2) is 75.6 Å². The Labute approximate surface area is 182 Å². The first-order valence-corrected chi connectivity index (χ1v) is 10.1. The molecule has 0 saturated carbocycles. The first-order valence-electron chi connectivity index (χ1n) is 9.35. The van der Waals surface area contributed by atoms with E-state index in [1.807, 2.05) is 54.6 Å². The molecule has 8 heteroatoms. The van der Waals surface area contributed by atoms with Crippen LogP contribution in [0.2, 0.25) is 0 Å². The van der Waals surface area contributed by atoms with E-state index in [4.69, 9.17) is 13.9 Å². The second-order valence-corrected chi connectivity index (χ2v) is 7.11. The fraction of sp³-hybridized carbons (Fsp3) is 0.182. The van der Waals surface area contributed by atoms with Crippen molar-refractivity contribution in [3.8, 4) is 11.5 Å². The van der Waals surface area contributed by atoms with Gasteiger partial charge in [-0.25, -0.2) is 0 Å².